The van der Waals surface area contributed by atoms with Crippen LogP contribution < -0.4 is 0 Å². The van der Waals surface area contributed by atoms with E-state index >= 15 is 0 Å². The van der Waals surface area contributed by atoms with Crippen molar-refractivity contribution in [2.24, 2.45) is 0 Å². The minimum Gasteiger partial charge on any atom is -0.453 e. The standard InChI is InChI=1S/C19H16N2O3S/c22-17(18-7-4-10-25-18)12-24-19(23)16-11-15(13-8-9-13)20-21(16)14-5-2-1-3-6-14/h1-7,10-11,13H,8-9,12H2. The first-order chi connectivity index (χ1) is 12.2. The van der Waals surface area contributed by atoms with Crippen molar-refractivity contribution in [3.63, 3.8) is 0 Å². The maximum absolute atomic E-state index is 12.5. The van der Waals surface area contributed by atoms with E-state index < -0.39 is 5.97 Å². The number of hydrogen-bond acceptors (Lipinski definition) is 5. The molecule has 0 amide bonds. The second kappa shape index (κ2) is 6.64. The Morgan fingerprint density at radius 2 is 1.96 bits per heavy atom. The molecule has 126 valence electrons. The van der Waals surface area contributed by atoms with Gasteiger partial charge in [-0.1, -0.05) is 24.3 Å². The van der Waals surface area contributed by atoms with E-state index in [1.165, 1.54) is 11.3 Å². The summed E-state index contributed by atoms with van der Waals surface area (Å²) in [5, 5.41) is 6.39. The number of ether oxygens (including phenoxy) is 1. The largest absolute Gasteiger partial charge is 0.453 e. The van der Waals surface area contributed by atoms with Crippen LogP contribution in [0.1, 0.15) is 44.6 Å². The summed E-state index contributed by atoms with van der Waals surface area (Å²) in [5.74, 6) is -0.311. The van der Waals surface area contributed by atoms with Crippen LogP contribution in [0.3, 0.4) is 0 Å². The topological polar surface area (TPSA) is 61.2 Å². The number of carbonyl (C=O) groups is 2. The summed E-state index contributed by atoms with van der Waals surface area (Å²) in [7, 11) is 0. The summed E-state index contributed by atoms with van der Waals surface area (Å²) >= 11 is 1.34. The number of ketones is 1. The summed E-state index contributed by atoms with van der Waals surface area (Å²) in [6.45, 7) is -0.266. The molecule has 0 unspecified atom stereocenters. The van der Waals surface area contributed by atoms with Crippen LogP contribution in [0.15, 0.2) is 53.9 Å². The third-order valence-electron chi connectivity index (χ3n) is 4.06. The lowest BCUT2D eigenvalue weighted by atomic mass is 10.2. The number of Topliss-reactive ketones (excluding diaryl/α,β-unsaturated/α-hetero) is 1. The van der Waals surface area contributed by atoms with Gasteiger partial charge in [-0.2, -0.15) is 5.10 Å². The van der Waals surface area contributed by atoms with E-state index in [9.17, 15) is 9.59 Å². The molecule has 0 bridgehead atoms. The summed E-state index contributed by atoms with van der Waals surface area (Å²) in [6, 6.07) is 14.8. The zero-order valence-corrected chi connectivity index (χ0v) is 14.2. The second-order valence-corrected chi connectivity index (χ2v) is 6.90. The number of nitrogens with zero attached hydrogens (tertiary/aromatic N) is 2. The fraction of sp³-hybridized carbons (Fsp3) is 0.211. The molecule has 0 aliphatic heterocycles. The van der Waals surface area contributed by atoms with Gasteiger partial charge in [0.25, 0.3) is 0 Å². The minimum absolute atomic E-state index is 0.198. The Bertz CT molecular complexity index is 896. The number of carbonyl (C=O) groups excluding carboxylic acids is 2. The molecular formula is C19H16N2O3S. The van der Waals surface area contributed by atoms with Gasteiger partial charge in [0.05, 0.1) is 16.3 Å². The molecule has 5 nitrogen and oxygen atoms in total. The molecule has 0 saturated heterocycles. The van der Waals surface area contributed by atoms with Crippen molar-refractivity contribution < 1.29 is 14.3 Å². The quantitative estimate of drug-likeness (QED) is 0.499. The summed E-state index contributed by atoms with van der Waals surface area (Å²) in [5.41, 5.74) is 2.05. The van der Waals surface area contributed by atoms with E-state index in [2.05, 4.69) is 5.10 Å². The molecule has 1 saturated carbocycles. The first-order valence-corrected chi connectivity index (χ1v) is 8.99. The Hall–Kier alpha value is -2.73. The number of hydrogen-bond donors (Lipinski definition) is 0. The first kappa shape index (κ1) is 15.8. The lowest BCUT2D eigenvalue weighted by Gasteiger charge is -2.07. The van der Waals surface area contributed by atoms with Gasteiger partial charge in [0.15, 0.2) is 12.3 Å². The van der Waals surface area contributed by atoms with Gasteiger partial charge in [0.1, 0.15) is 0 Å². The van der Waals surface area contributed by atoms with Crippen LogP contribution in [0.5, 0.6) is 0 Å². The number of benzene rings is 1. The molecule has 0 spiro atoms. The highest BCUT2D eigenvalue weighted by atomic mass is 32.1. The predicted molar refractivity (Wildman–Crippen MR) is 94.5 cm³/mol. The number of thiophene rings is 1. The molecule has 25 heavy (non-hydrogen) atoms. The molecule has 2 aromatic heterocycles. The molecule has 1 aromatic carbocycles. The van der Waals surface area contributed by atoms with Crippen LogP contribution in [0.25, 0.3) is 5.69 Å². The Morgan fingerprint density at radius 1 is 1.16 bits per heavy atom. The smallest absolute Gasteiger partial charge is 0.357 e. The fourth-order valence-electron chi connectivity index (χ4n) is 2.60. The highest BCUT2D eigenvalue weighted by Crippen LogP contribution is 2.39. The number of rotatable bonds is 6. The van der Waals surface area contributed by atoms with Crippen LogP contribution in [0, 0.1) is 0 Å². The predicted octanol–water partition coefficient (Wildman–Crippen LogP) is 3.85. The molecule has 1 aliphatic rings. The van der Waals surface area contributed by atoms with Crippen molar-refractivity contribution in [2.45, 2.75) is 18.8 Å². The zero-order valence-electron chi connectivity index (χ0n) is 13.4. The molecular weight excluding hydrogens is 336 g/mol. The molecule has 0 N–H and O–H groups in total. The average Bonchev–Trinajstić information content (AvgIpc) is 3.17. The van der Waals surface area contributed by atoms with E-state index in [0.717, 1.165) is 24.2 Å². The molecule has 0 radical (unpaired) electrons. The van der Waals surface area contributed by atoms with Crippen molar-refractivity contribution in [1.82, 2.24) is 9.78 Å². The first-order valence-electron chi connectivity index (χ1n) is 8.11. The van der Waals surface area contributed by atoms with E-state index in [4.69, 9.17) is 4.74 Å². The Morgan fingerprint density at radius 3 is 2.64 bits per heavy atom. The summed E-state index contributed by atoms with van der Waals surface area (Å²) in [4.78, 5) is 25.2. The van der Waals surface area contributed by atoms with Gasteiger partial charge in [-0.3, -0.25) is 4.79 Å². The molecule has 1 fully saturated rings. The van der Waals surface area contributed by atoms with Crippen molar-refractivity contribution in [2.75, 3.05) is 6.61 Å². The minimum atomic E-state index is -0.534. The summed E-state index contributed by atoms with van der Waals surface area (Å²) < 4.78 is 6.85. The van der Waals surface area contributed by atoms with E-state index in [1.807, 2.05) is 35.7 Å². The Kier molecular flexibility index (Phi) is 4.19. The molecule has 1 aliphatic carbocycles. The normalized spacial score (nSPS) is 13.6. The van der Waals surface area contributed by atoms with E-state index in [-0.39, 0.29) is 12.4 Å². The molecule has 0 atom stereocenters. The molecule has 6 heteroatoms. The van der Waals surface area contributed by atoms with Gasteiger partial charge in [-0.25, -0.2) is 9.48 Å². The van der Waals surface area contributed by atoms with Crippen LogP contribution >= 0.6 is 11.3 Å². The van der Waals surface area contributed by atoms with Gasteiger partial charge in [0, 0.05) is 5.92 Å². The third-order valence-corrected chi connectivity index (χ3v) is 4.98. The van der Waals surface area contributed by atoms with Crippen molar-refractivity contribution >= 4 is 23.1 Å². The summed E-state index contributed by atoms with van der Waals surface area (Å²) in [6.07, 6.45) is 2.19. The SMILES string of the molecule is O=C(COC(=O)c1cc(C2CC2)nn1-c1ccccc1)c1cccs1. The van der Waals surface area contributed by atoms with Gasteiger partial charge in [-0.15, -0.1) is 11.3 Å². The van der Waals surface area contributed by atoms with Crippen molar-refractivity contribution in [3.8, 4) is 5.69 Å². The van der Waals surface area contributed by atoms with Crippen LogP contribution in [0.2, 0.25) is 0 Å². The number of aromatic nitrogens is 2. The zero-order chi connectivity index (χ0) is 17.2. The third kappa shape index (κ3) is 3.39. The maximum atomic E-state index is 12.5. The van der Waals surface area contributed by atoms with Crippen molar-refractivity contribution in [1.29, 1.82) is 0 Å². The highest BCUT2D eigenvalue weighted by Gasteiger charge is 2.29. The lowest BCUT2D eigenvalue weighted by Crippen LogP contribution is -2.16. The molecule has 3 aromatic rings. The van der Waals surface area contributed by atoms with Gasteiger partial charge < -0.3 is 4.74 Å². The number of para-hydroxylation sites is 1. The lowest BCUT2D eigenvalue weighted by molar-refractivity contribution is 0.0466. The van der Waals surface area contributed by atoms with Crippen LogP contribution in [0.4, 0.5) is 0 Å². The Labute approximate surface area is 148 Å². The maximum Gasteiger partial charge on any atom is 0.357 e. The van der Waals surface area contributed by atoms with Crippen molar-refractivity contribution in [3.05, 3.63) is 70.2 Å². The van der Waals surface area contributed by atoms with E-state index in [0.29, 0.717) is 16.5 Å². The van der Waals surface area contributed by atoms with Gasteiger partial charge in [-0.05, 0) is 42.5 Å². The Balaban J connectivity index is 1.56. The number of esters is 1. The fourth-order valence-corrected chi connectivity index (χ4v) is 3.25. The van der Waals surface area contributed by atoms with E-state index in [1.54, 1.807) is 22.9 Å². The highest BCUT2D eigenvalue weighted by molar-refractivity contribution is 7.12. The average molecular weight is 352 g/mol. The van der Waals surface area contributed by atoms with Gasteiger partial charge >= 0.3 is 5.97 Å². The van der Waals surface area contributed by atoms with Crippen LogP contribution in [-0.2, 0) is 4.74 Å². The second-order valence-electron chi connectivity index (χ2n) is 5.95. The molecule has 4 rings (SSSR count). The van der Waals surface area contributed by atoms with Crippen LogP contribution in [-0.4, -0.2) is 28.1 Å². The molecule has 2 heterocycles. The van der Waals surface area contributed by atoms with Gasteiger partial charge in [0.2, 0.25) is 5.78 Å². The monoisotopic (exact) mass is 352 g/mol.